The van der Waals surface area contributed by atoms with Crippen LogP contribution in [0, 0.1) is 5.92 Å². The lowest BCUT2D eigenvalue weighted by molar-refractivity contribution is -0.124. The van der Waals surface area contributed by atoms with Gasteiger partial charge in [0.25, 0.3) is 0 Å². The molecule has 3 aliphatic rings. The van der Waals surface area contributed by atoms with Gasteiger partial charge in [-0.05, 0) is 42.3 Å². The average Bonchev–Trinajstić information content (AvgIpc) is 3.47. The van der Waals surface area contributed by atoms with Gasteiger partial charge in [-0.1, -0.05) is 13.8 Å². The van der Waals surface area contributed by atoms with Crippen LogP contribution in [0.15, 0.2) is 41.3 Å². The highest BCUT2D eigenvalue weighted by Gasteiger charge is 2.39. The van der Waals surface area contributed by atoms with Gasteiger partial charge in [0.2, 0.25) is 21.8 Å². The second-order valence-electron chi connectivity index (χ2n) is 8.85. The molecule has 186 valence electrons. The fourth-order valence-electron chi connectivity index (χ4n) is 5.02. The molecule has 0 aliphatic carbocycles. The van der Waals surface area contributed by atoms with E-state index in [9.17, 15) is 18.0 Å². The summed E-state index contributed by atoms with van der Waals surface area (Å²) in [6, 6.07) is 10.3. The zero-order valence-corrected chi connectivity index (χ0v) is 20.7. The summed E-state index contributed by atoms with van der Waals surface area (Å²) >= 11 is 0. The first kappa shape index (κ1) is 23.6. The number of anilines is 2. The summed E-state index contributed by atoms with van der Waals surface area (Å²) in [5.41, 5.74) is 2.24. The van der Waals surface area contributed by atoms with E-state index in [4.69, 9.17) is 9.47 Å². The average molecular weight is 500 g/mol. The van der Waals surface area contributed by atoms with Crippen LogP contribution in [0.2, 0.25) is 0 Å². The summed E-state index contributed by atoms with van der Waals surface area (Å²) in [5, 5.41) is 0. The van der Waals surface area contributed by atoms with E-state index in [0.717, 1.165) is 11.3 Å². The monoisotopic (exact) mass is 499 g/mol. The van der Waals surface area contributed by atoms with Crippen LogP contribution >= 0.6 is 0 Å². The van der Waals surface area contributed by atoms with Crippen molar-refractivity contribution in [3.63, 3.8) is 0 Å². The molecule has 0 N–H and O–H groups in total. The van der Waals surface area contributed by atoms with E-state index in [-0.39, 0.29) is 29.7 Å². The fraction of sp³-hybridized carbons (Fsp3) is 0.440. The van der Waals surface area contributed by atoms with Crippen molar-refractivity contribution in [2.24, 2.45) is 5.92 Å². The Kier molecular flexibility index (Phi) is 6.18. The highest BCUT2D eigenvalue weighted by Crippen LogP contribution is 2.37. The van der Waals surface area contributed by atoms with Crippen molar-refractivity contribution in [2.75, 3.05) is 49.2 Å². The largest absolute Gasteiger partial charge is 0.486 e. The molecule has 1 atom stereocenters. The lowest BCUT2D eigenvalue weighted by Crippen LogP contribution is -2.36. The molecule has 1 saturated heterocycles. The molecule has 1 unspecified atom stereocenters. The number of hydrogen-bond acceptors (Lipinski definition) is 6. The van der Waals surface area contributed by atoms with Gasteiger partial charge in [-0.15, -0.1) is 0 Å². The van der Waals surface area contributed by atoms with Crippen LogP contribution in [-0.2, 0) is 26.0 Å². The van der Waals surface area contributed by atoms with Crippen LogP contribution in [0.1, 0.15) is 25.8 Å². The van der Waals surface area contributed by atoms with Crippen molar-refractivity contribution >= 4 is 33.2 Å². The molecule has 9 nitrogen and oxygen atoms in total. The van der Waals surface area contributed by atoms with Gasteiger partial charge < -0.3 is 19.3 Å². The van der Waals surface area contributed by atoms with E-state index in [1.54, 1.807) is 46.2 Å². The molecule has 1 fully saturated rings. The molecule has 0 radical (unpaired) electrons. The SMILES string of the molecule is CCN(CC)S(=O)(=O)c1ccc2c(c1)CCN2C(=O)C1CC(=O)N(c2ccc3c(c2)OCCO3)C1. The first-order chi connectivity index (χ1) is 16.8. The normalized spacial score (nSPS) is 19.4. The maximum Gasteiger partial charge on any atom is 0.243 e. The molecule has 3 heterocycles. The minimum absolute atomic E-state index is 0.111. The lowest BCUT2D eigenvalue weighted by Gasteiger charge is -2.23. The number of nitrogens with zero attached hydrogens (tertiary/aromatic N) is 3. The molecule has 5 rings (SSSR count). The van der Waals surface area contributed by atoms with E-state index in [1.165, 1.54) is 4.31 Å². The first-order valence-electron chi connectivity index (χ1n) is 12.0. The highest BCUT2D eigenvalue weighted by molar-refractivity contribution is 7.89. The number of amides is 2. The summed E-state index contributed by atoms with van der Waals surface area (Å²) < 4.78 is 38.4. The van der Waals surface area contributed by atoms with Gasteiger partial charge in [-0.25, -0.2) is 8.42 Å². The molecule has 3 aliphatic heterocycles. The predicted octanol–water partition coefficient (Wildman–Crippen LogP) is 2.43. The molecule has 0 aromatic heterocycles. The number of hydrogen-bond donors (Lipinski definition) is 0. The topological polar surface area (TPSA) is 96.5 Å². The van der Waals surface area contributed by atoms with Crippen molar-refractivity contribution in [1.82, 2.24) is 4.31 Å². The molecule has 0 bridgehead atoms. The van der Waals surface area contributed by atoms with E-state index >= 15 is 0 Å². The molecular weight excluding hydrogens is 470 g/mol. The number of benzene rings is 2. The zero-order chi connectivity index (χ0) is 24.7. The van der Waals surface area contributed by atoms with E-state index in [1.807, 2.05) is 13.8 Å². The van der Waals surface area contributed by atoms with Crippen molar-refractivity contribution in [3.05, 3.63) is 42.0 Å². The van der Waals surface area contributed by atoms with Crippen LogP contribution in [0.25, 0.3) is 0 Å². The summed E-state index contributed by atoms with van der Waals surface area (Å²) in [5.74, 6) is 0.549. The second kappa shape index (κ2) is 9.16. The predicted molar refractivity (Wildman–Crippen MR) is 130 cm³/mol. The third-order valence-electron chi connectivity index (χ3n) is 6.87. The fourth-order valence-corrected chi connectivity index (χ4v) is 6.53. The van der Waals surface area contributed by atoms with Gasteiger partial charge in [0, 0.05) is 50.0 Å². The maximum absolute atomic E-state index is 13.4. The molecule has 0 spiro atoms. The number of carbonyl (C=O) groups excluding carboxylic acids is 2. The smallest absolute Gasteiger partial charge is 0.243 e. The van der Waals surface area contributed by atoms with Crippen molar-refractivity contribution in [2.45, 2.75) is 31.6 Å². The Bertz CT molecular complexity index is 1270. The third-order valence-corrected chi connectivity index (χ3v) is 8.91. The van der Waals surface area contributed by atoms with Gasteiger partial charge in [0.05, 0.1) is 10.8 Å². The zero-order valence-electron chi connectivity index (χ0n) is 19.9. The van der Waals surface area contributed by atoms with Gasteiger partial charge in [0.1, 0.15) is 13.2 Å². The molecule has 2 amide bonds. The molecule has 35 heavy (non-hydrogen) atoms. The van der Waals surface area contributed by atoms with Crippen LogP contribution in [0.3, 0.4) is 0 Å². The Morgan fingerprint density at radius 3 is 2.54 bits per heavy atom. The van der Waals surface area contributed by atoms with E-state index in [0.29, 0.717) is 56.5 Å². The Morgan fingerprint density at radius 1 is 1.06 bits per heavy atom. The molecule has 10 heteroatoms. The minimum atomic E-state index is -3.57. The van der Waals surface area contributed by atoms with Crippen molar-refractivity contribution in [3.8, 4) is 11.5 Å². The van der Waals surface area contributed by atoms with Gasteiger partial charge in [0.15, 0.2) is 11.5 Å². The van der Waals surface area contributed by atoms with Crippen LogP contribution in [0.4, 0.5) is 11.4 Å². The third kappa shape index (κ3) is 4.14. The Hall–Kier alpha value is -3.11. The van der Waals surface area contributed by atoms with Crippen LogP contribution in [0.5, 0.6) is 11.5 Å². The van der Waals surface area contributed by atoms with Gasteiger partial charge in [-0.3, -0.25) is 9.59 Å². The summed E-state index contributed by atoms with van der Waals surface area (Å²) in [6.07, 6.45) is 0.711. The number of fused-ring (bicyclic) bond motifs is 2. The van der Waals surface area contributed by atoms with Crippen molar-refractivity contribution < 1.29 is 27.5 Å². The lowest BCUT2D eigenvalue weighted by atomic mass is 10.1. The molecule has 2 aromatic rings. The summed E-state index contributed by atoms with van der Waals surface area (Å²) in [6.45, 7) is 6.13. The van der Waals surface area contributed by atoms with Gasteiger partial charge >= 0.3 is 0 Å². The van der Waals surface area contributed by atoms with Crippen molar-refractivity contribution in [1.29, 1.82) is 0 Å². The Balaban J connectivity index is 1.33. The number of rotatable bonds is 6. The van der Waals surface area contributed by atoms with Crippen LogP contribution < -0.4 is 19.3 Å². The van der Waals surface area contributed by atoms with Crippen LogP contribution in [-0.4, -0.2) is 63.9 Å². The molecule has 0 saturated carbocycles. The maximum atomic E-state index is 13.4. The number of carbonyl (C=O) groups is 2. The van der Waals surface area contributed by atoms with E-state index in [2.05, 4.69) is 0 Å². The Labute approximate surface area is 205 Å². The first-order valence-corrected chi connectivity index (χ1v) is 13.4. The quantitative estimate of drug-likeness (QED) is 0.606. The van der Waals surface area contributed by atoms with E-state index < -0.39 is 15.9 Å². The number of sulfonamides is 1. The standard InChI is InChI=1S/C25H29N3O6S/c1-3-26(4-2)35(31,32)20-6-7-21-17(13-20)9-10-27(21)25(30)18-14-24(29)28(16-18)19-5-8-22-23(15-19)34-12-11-33-22/h5-8,13,15,18H,3-4,9-12,14,16H2,1-2H3. The summed E-state index contributed by atoms with van der Waals surface area (Å²) in [4.78, 5) is 29.8. The molecular formula is C25H29N3O6S. The highest BCUT2D eigenvalue weighted by atomic mass is 32.2. The molecule has 2 aromatic carbocycles. The second-order valence-corrected chi connectivity index (χ2v) is 10.8. The summed E-state index contributed by atoms with van der Waals surface area (Å²) in [7, 11) is -3.57. The number of ether oxygens (including phenoxy) is 2. The minimum Gasteiger partial charge on any atom is -0.486 e. The van der Waals surface area contributed by atoms with Gasteiger partial charge in [-0.2, -0.15) is 4.31 Å². The Morgan fingerprint density at radius 2 is 1.80 bits per heavy atom.